The fourth-order valence-electron chi connectivity index (χ4n) is 4.52. The van der Waals surface area contributed by atoms with E-state index in [0.717, 1.165) is 45.6 Å². The maximum Gasteiger partial charge on any atom is 0.233 e. The third-order valence-electron chi connectivity index (χ3n) is 5.92. The number of carbonyl (C=O) groups is 1. The smallest absolute Gasteiger partial charge is 0.233 e. The van der Waals surface area contributed by atoms with Crippen LogP contribution in [0.3, 0.4) is 0 Å². The van der Waals surface area contributed by atoms with Crippen molar-refractivity contribution in [1.82, 2.24) is 19.3 Å². The largest absolute Gasteiger partial charge is 0.337 e. The van der Waals surface area contributed by atoms with E-state index in [2.05, 4.69) is 35.3 Å². The van der Waals surface area contributed by atoms with E-state index >= 15 is 0 Å². The molecule has 2 atom stereocenters. The lowest BCUT2D eigenvalue weighted by Crippen LogP contribution is -2.48. The summed E-state index contributed by atoms with van der Waals surface area (Å²) in [6, 6.07) is 16.8. The normalized spacial score (nSPS) is 20.0. The van der Waals surface area contributed by atoms with Crippen LogP contribution in [-0.4, -0.2) is 43.0 Å². The fourth-order valence-corrected chi connectivity index (χ4v) is 5.40. The number of nitrogens with zero attached hydrogens (tertiary/aromatic N) is 4. The van der Waals surface area contributed by atoms with Gasteiger partial charge in [0.15, 0.2) is 5.16 Å². The van der Waals surface area contributed by atoms with Crippen LogP contribution in [0.15, 0.2) is 53.7 Å². The van der Waals surface area contributed by atoms with Crippen molar-refractivity contribution >= 4 is 45.3 Å². The van der Waals surface area contributed by atoms with Gasteiger partial charge >= 0.3 is 0 Å². The van der Waals surface area contributed by atoms with E-state index < -0.39 is 0 Å². The molecule has 1 saturated heterocycles. The fraction of sp³-hybridized carbons (Fsp3) is 0.348. The third kappa shape index (κ3) is 3.15. The van der Waals surface area contributed by atoms with Crippen LogP contribution in [0.2, 0.25) is 0 Å². The number of hydrogen-bond donors (Lipinski definition) is 0. The molecule has 1 aliphatic heterocycles. The van der Waals surface area contributed by atoms with Gasteiger partial charge in [-0.15, -0.1) is 0 Å². The van der Waals surface area contributed by atoms with Gasteiger partial charge in [0.25, 0.3) is 0 Å². The van der Waals surface area contributed by atoms with E-state index in [-0.39, 0.29) is 5.91 Å². The van der Waals surface area contributed by atoms with Crippen LogP contribution in [0.25, 0.3) is 27.6 Å². The Balaban J connectivity index is 1.56. The summed E-state index contributed by atoms with van der Waals surface area (Å²) in [5, 5.41) is 1.84. The Morgan fingerprint density at radius 3 is 2.48 bits per heavy atom. The number of aromatic nitrogens is 3. The molecule has 29 heavy (non-hydrogen) atoms. The highest BCUT2D eigenvalue weighted by Crippen LogP contribution is 2.30. The average Bonchev–Trinajstić information content (AvgIpc) is 3.12. The van der Waals surface area contributed by atoms with Gasteiger partial charge in [0.2, 0.25) is 5.91 Å². The minimum Gasteiger partial charge on any atom is -0.337 e. The van der Waals surface area contributed by atoms with Gasteiger partial charge in [-0.2, -0.15) is 0 Å². The molecule has 2 aromatic heterocycles. The van der Waals surface area contributed by atoms with Crippen molar-refractivity contribution in [1.29, 1.82) is 0 Å². The molecule has 6 heteroatoms. The van der Waals surface area contributed by atoms with Gasteiger partial charge < -0.3 is 4.90 Å². The first kappa shape index (κ1) is 18.4. The number of rotatable bonds is 3. The predicted octanol–water partition coefficient (Wildman–Crippen LogP) is 4.92. The number of imidazole rings is 1. The monoisotopic (exact) mass is 404 g/mol. The number of benzene rings is 2. The first-order chi connectivity index (χ1) is 14.1. The van der Waals surface area contributed by atoms with Crippen LogP contribution in [0.5, 0.6) is 0 Å². The Morgan fingerprint density at radius 1 is 1.00 bits per heavy atom. The molecule has 0 radical (unpaired) electrons. The van der Waals surface area contributed by atoms with Gasteiger partial charge in [-0.1, -0.05) is 36.0 Å². The Kier molecular flexibility index (Phi) is 4.66. The van der Waals surface area contributed by atoms with E-state index in [1.54, 1.807) is 0 Å². The number of likely N-dealkylation sites (tertiary alicyclic amines) is 1. The molecule has 4 aromatic rings. The summed E-state index contributed by atoms with van der Waals surface area (Å²) in [6.07, 6.45) is 3.38. The number of para-hydroxylation sites is 3. The summed E-state index contributed by atoms with van der Waals surface area (Å²) in [5.74, 6) is 0.587. The van der Waals surface area contributed by atoms with Gasteiger partial charge in [-0.25, -0.2) is 9.97 Å². The molecule has 2 aromatic carbocycles. The SMILES string of the molecule is C[C@@H]1CCC[C@@H](C)N1C(=O)CSc1nc2ccccc2c2nc3ccccc3n12. The van der Waals surface area contributed by atoms with Gasteiger partial charge in [0, 0.05) is 17.5 Å². The molecule has 5 rings (SSSR count). The minimum atomic E-state index is 0.197. The first-order valence-electron chi connectivity index (χ1n) is 10.2. The van der Waals surface area contributed by atoms with Crippen LogP contribution < -0.4 is 0 Å². The van der Waals surface area contributed by atoms with Crippen LogP contribution in [-0.2, 0) is 4.79 Å². The van der Waals surface area contributed by atoms with Gasteiger partial charge in [0.05, 0.1) is 22.3 Å². The van der Waals surface area contributed by atoms with Crippen LogP contribution in [0.1, 0.15) is 33.1 Å². The standard InChI is InChI=1S/C23H24N4OS/c1-15-8-7-9-16(2)26(15)21(28)14-29-23-25-18-11-4-3-10-17(18)22-24-19-12-5-6-13-20(19)27(22)23/h3-6,10-13,15-16H,7-9,14H2,1-2H3/t15-,16-/m1/s1. The van der Waals surface area contributed by atoms with Gasteiger partial charge in [-0.3, -0.25) is 9.20 Å². The molecule has 0 saturated carbocycles. The number of thioether (sulfide) groups is 1. The molecule has 1 fully saturated rings. The second-order valence-corrected chi connectivity index (χ2v) is 8.83. The number of piperidine rings is 1. The van der Waals surface area contributed by atoms with E-state index in [4.69, 9.17) is 9.97 Å². The summed E-state index contributed by atoms with van der Waals surface area (Å²) in [6.45, 7) is 4.32. The molecular formula is C23H24N4OS. The van der Waals surface area contributed by atoms with E-state index in [0.29, 0.717) is 17.8 Å². The first-order valence-corrected chi connectivity index (χ1v) is 11.2. The number of fused-ring (bicyclic) bond motifs is 5. The summed E-state index contributed by atoms with van der Waals surface area (Å²) >= 11 is 1.51. The predicted molar refractivity (Wildman–Crippen MR) is 118 cm³/mol. The molecule has 0 spiro atoms. The highest BCUT2D eigenvalue weighted by Gasteiger charge is 2.29. The molecular weight excluding hydrogens is 380 g/mol. The van der Waals surface area contributed by atoms with Crippen molar-refractivity contribution in [3.63, 3.8) is 0 Å². The zero-order valence-electron chi connectivity index (χ0n) is 16.7. The lowest BCUT2D eigenvalue weighted by Gasteiger charge is -2.39. The van der Waals surface area contributed by atoms with Crippen molar-refractivity contribution < 1.29 is 4.79 Å². The number of carbonyl (C=O) groups excluding carboxylic acids is 1. The zero-order chi connectivity index (χ0) is 20.0. The summed E-state index contributed by atoms with van der Waals surface area (Å²) < 4.78 is 2.10. The average molecular weight is 405 g/mol. The van der Waals surface area contributed by atoms with E-state index in [1.165, 1.54) is 18.2 Å². The summed E-state index contributed by atoms with van der Waals surface area (Å²) in [4.78, 5) is 24.9. The lowest BCUT2D eigenvalue weighted by molar-refractivity contribution is -0.134. The summed E-state index contributed by atoms with van der Waals surface area (Å²) in [7, 11) is 0. The summed E-state index contributed by atoms with van der Waals surface area (Å²) in [5.41, 5.74) is 3.77. The Labute approximate surface area is 174 Å². The molecule has 3 heterocycles. The van der Waals surface area contributed by atoms with Crippen molar-refractivity contribution in [2.24, 2.45) is 0 Å². The van der Waals surface area contributed by atoms with Crippen molar-refractivity contribution in [3.8, 4) is 0 Å². The second-order valence-electron chi connectivity index (χ2n) is 7.89. The van der Waals surface area contributed by atoms with Crippen LogP contribution >= 0.6 is 11.8 Å². The highest BCUT2D eigenvalue weighted by atomic mass is 32.2. The van der Waals surface area contributed by atoms with E-state index in [9.17, 15) is 4.79 Å². The Morgan fingerprint density at radius 2 is 1.69 bits per heavy atom. The molecule has 1 amide bonds. The Hall–Kier alpha value is -2.60. The number of amides is 1. The van der Waals surface area contributed by atoms with Gasteiger partial charge in [-0.05, 0) is 57.4 Å². The maximum atomic E-state index is 13.0. The van der Waals surface area contributed by atoms with Crippen molar-refractivity contribution in [2.45, 2.75) is 50.4 Å². The van der Waals surface area contributed by atoms with Crippen molar-refractivity contribution in [3.05, 3.63) is 48.5 Å². The molecule has 0 N–H and O–H groups in total. The molecule has 0 bridgehead atoms. The molecule has 0 aliphatic carbocycles. The third-order valence-corrected chi connectivity index (χ3v) is 6.84. The van der Waals surface area contributed by atoms with Crippen LogP contribution in [0, 0.1) is 0 Å². The molecule has 5 nitrogen and oxygen atoms in total. The Bertz CT molecular complexity index is 1210. The molecule has 1 aliphatic rings. The van der Waals surface area contributed by atoms with Gasteiger partial charge in [0.1, 0.15) is 5.65 Å². The molecule has 148 valence electrons. The van der Waals surface area contributed by atoms with Crippen LogP contribution in [0.4, 0.5) is 0 Å². The van der Waals surface area contributed by atoms with E-state index in [1.807, 2.05) is 36.4 Å². The van der Waals surface area contributed by atoms with Crippen molar-refractivity contribution in [2.75, 3.05) is 5.75 Å². The second kappa shape index (κ2) is 7.34. The quantitative estimate of drug-likeness (QED) is 0.359. The molecule has 0 unspecified atom stereocenters. The topological polar surface area (TPSA) is 50.5 Å². The minimum absolute atomic E-state index is 0.197. The number of hydrogen-bond acceptors (Lipinski definition) is 4. The maximum absolute atomic E-state index is 13.0. The lowest BCUT2D eigenvalue weighted by atomic mass is 9.98. The zero-order valence-corrected chi connectivity index (χ0v) is 17.5. The highest BCUT2D eigenvalue weighted by molar-refractivity contribution is 7.99.